The summed E-state index contributed by atoms with van der Waals surface area (Å²) in [6, 6.07) is 2.78. The molecular formula is C17H23N3O3S. The molecule has 0 aliphatic heterocycles. The maximum absolute atomic E-state index is 12.2. The Bertz CT molecular complexity index is 729. The first-order chi connectivity index (χ1) is 11.4. The zero-order chi connectivity index (χ0) is 17.7. The van der Waals surface area contributed by atoms with Gasteiger partial charge in [0.25, 0.3) is 5.91 Å². The number of nitrogens with zero attached hydrogens (tertiary/aromatic N) is 1. The van der Waals surface area contributed by atoms with Gasteiger partial charge < -0.3 is 15.8 Å². The van der Waals surface area contributed by atoms with Gasteiger partial charge in [-0.25, -0.2) is 0 Å². The number of carbonyl (C=O) groups excluding carboxylic acids is 2. The van der Waals surface area contributed by atoms with Crippen LogP contribution in [0, 0.1) is 12.8 Å². The predicted octanol–water partition coefficient (Wildman–Crippen LogP) is 2.25. The second kappa shape index (κ2) is 8.21. The van der Waals surface area contributed by atoms with Crippen LogP contribution >= 0.6 is 11.3 Å². The second-order valence-electron chi connectivity index (χ2n) is 5.91. The van der Waals surface area contributed by atoms with Gasteiger partial charge in [-0.3, -0.25) is 14.6 Å². The standard InChI is InChI=1S/C17H23N3O3S/c1-4-10(2)9-23-17(22)12(18)8-20-16(21)14-7-13-15(24-14)11(3)5-6-19-13/h5-7,10,12H,4,8-9,18H2,1-3H3,(H,20,21)/t10?,12-/m1/s1. The molecule has 0 aliphatic rings. The molecule has 0 fully saturated rings. The van der Waals surface area contributed by atoms with Crippen LogP contribution in [0.15, 0.2) is 18.3 Å². The van der Waals surface area contributed by atoms with Gasteiger partial charge >= 0.3 is 5.97 Å². The van der Waals surface area contributed by atoms with E-state index in [4.69, 9.17) is 10.5 Å². The topological polar surface area (TPSA) is 94.3 Å². The molecule has 0 spiro atoms. The van der Waals surface area contributed by atoms with E-state index < -0.39 is 12.0 Å². The van der Waals surface area contributed by atoms with Crippen molar-refractivity contribution in [2.45, 2.75) is 33.2 Å². The first-order valence-electron chi connectivity index (χ1n) is 7.98. The number of aryl methyl sites for hydroxylation is 1. The van der Waals surface area contributed by atoms with Crippen LogP contribution in [0.1, 0.15) is 35.5 Å². The van der Waals surface area contributed by atoms with Crippen LogP contribution in [0.2, 0.25) is 0 Å². The Morgan fingerprint density at radius 1 is 1.46 bits per heavy atom. The number of hydrogen-bond acceptors (Lipinski definition) is 6. The van der Waals surface area contributed by atoms with Crippen molar-refractivity contribution in [3.63, 3.8) is 0 Å². The van der Waals surface area contributed by atoms with Gasteiger partial charge in [0, 0.05) is 12.7 Å². The summed E-state index contributed by atoms with van der Waals surface area (Å²) in [5, 5.41) is 2.68. The van der Waals surface area contributed by atoms with E-state index in [1.54, 1.807) is 12.3 Å². The van der Waals surface area contributed by atoms with E-state index in [-0.39, 0.29) is 12.5 Å². The molecule has 1 amide bonds. The number of ether oxygens (including phenoxy) is 1. The summed E-state index contributed by atoms with van der Waals surface area (Å²) >= 11 is 1.38. The lowest BCUT2D eigenvalue weighted by Gasteiger charge is -2.14. The molecule has 2 atom stereocenters. The first-order valence-corrected chi connectivity index (χ1v) is 8.79. The van der Waals surface area contributed by atoms with E-state index >= 15 is 0 Å². The Balaban J connectivity index is 1.89. The number of pyridine rings is 1. The third kappa shape index (κ3) is 4.52. The lowest BCUT2D eigenvalue weighted by Crippen LogP contribution is -2.43. The fourth-order valence-corrected chi connectivity index (χ4v) is 3.00. The summed E-state index contributed by atoms with van der Waals surface area (Å²) in [7, 11) is 0. The SMILES string of the molecule is CCC(C)COC(=O)[C@H](N)CNC(=O)c1cc2nccc(C)c2s1. The smallest absolute Gasteiger partial charge is 0.324 e. The van der Waals surface area contributed by atoms with Crippen molar-refractivity contribution in [3.8, 4) is 0 Å². The van der Waals surface area contributed by atoms with Crippen LogP contribution in [-0.2, 0) is 9.53 Å². The third-order valence-corrected chi connectivity index (χ3v) is 5.08. The quantitative estimate of drug-likeness (QED) is 0.748. The molecule has 0 radical (unpaired) electrons. The third-order valence-electron chi connectivity index (χ3n) is 3.82. The molecule has 2 aromatic rings. The normalized spacial score (nSPS) is 13.5. The van der Waals surface area contributed by atoms with E-state index in [0.717, 1.165) is 22.2 Å². The van der Waals surface area contributed by atoms with Crippen molar-refractivity contribution in [1.82, 2.24) is 10.3 Å². The average Bonchev–Trinajstić information content (AvgIpc) is 3.02. The Morgan fingerprint density at radius 2 is 2.21 bits per heavy atom. The highest BCUT2D eigenvalue weighted by Gasteiger charge is 2.18. The second-order valence-corrected chi connectivity index (χ2v) is 6.97. The van der Waals surface area contributed by atoms with E-state index in [1.807, 2.05) is 26.8 Å². The molecule has 24 heavy (non-hydrogen) atoms. The zero-order valence-electron chi connectivity index (χ0n) is 14.2. The molecule has 0 aliphatic carbocycles. The fraction of sp³-hybridized carbons (Fsp3) is 0.471. The largest absolute Gasteiger partial charge is 0.464 e. The van der Waals surface area contributed by atoms with Gasteiger partial charge in [-0.1, -0.05) is 20.3 Å². The number of aromatic nitrogens is 1. The first kappa shape index (κ1) is 18.4. The van der Waals surface area contributed by atoms with Gasteiger partial charge in [-0.15, -0.1) is 11.3 Å². The number of nitrogens with two attached hydrogens (primary N) is 1. The fourth-order valence-electron chi connectivity index (χ4n) is 2.00. The summed E-state index contributed by atoms with van der Waals surface area (Å²) in [5.41, 5.74) is 7.64. The zero-order valence-corrected chi connectivity index (χ0v) is 15.0. The van der Waals surface area contributed by atoms with Gasteiger partial charge in [-0.2, -0.15) is 0 Å². The Hall–Kier alpha value is -1.99. The van der Waals surface area contributed by atoms with Crippen molar-refractivity contribution in [3.05, 3.63) is 28.8 Å². The summed E-state index contributed by atoms with van der Waals surface area (Å²) < 4.78 is 6.12. The number of hydrogen-bond donors (Lipinski definition) is 2. The summed E-state index contributed by atoms with van der Waals surface area (Å²) in [6.07, 6.45) is 2.65. The Kier molecular flexibility index (Phi) is 6.28. The van der Waals surface area contributed by atoms with Gasteiger partial charge in [0.1, 0.15) is 6.04 Å². The predicted molar refractivity (Wildman–Crippen MR) is 95.1 cm³/mol. The number of amides is 1. The molecule has 3 N–H and O–H groups in total. The number of esters is 1. The molecule has 2 aromatic heterocycles. The van der Waals surface area contributed by atoms with Crippen LogP contribution in [0.3, 0.4) is 0 Å². The highest BCUT2D eigenvalue weighted by Crippen LogP contribution is 2.26. The number of thiophene rings is 1. The molecule has 2 heterocycles. The molecule has 0 saturated heterocycles. The highest BCUT2D eigenvalue weighted by molar-refractivity contribution is 7.21. The van der Waals surface area contributed by atoms with Crippen molar-refractivity contribution in [2.24, 2.45) is 11.7 Å². The maximum Gasteiger partial charge on any atom is 0.324 e. The number of nitrogens with one attached hydrogen (secondary N) is 1. The summed E-state index contributed by atoms with van der Waals surface area (Å²) in [5.74, 6) is -0.461. The van der Waals surface area contributed by atoms with Crippen LogP contribution in [-0.4, -0.2) is 36.1 Å². The minimum Gasteiger partial charge on any atom is -0.464 e. The molecular weight excluding hydrogens is 326 g/mol. The molecule has 6 nitrogen and oxygen atoms in total. The van der Waals surface area contributed by atoms with Crippen molar-refractivity contribution >= 4 is 33.4 Å². The van der Waals surface area contributed by atoms with Gasteiger partial charge in [0.15, 0.2) is 0 Å². The van der Waals surface area contributed by atoms with Crippen LogP contribution in [0.25, 0.3) is 10.2 Å². The van der Waals surface area contributed by atoms with Crippen molar-refractivity contribution in [1.29, 1.82) is 0 Å². The molecule has 0 saturated carbocycles. The van der Waals surface area contributed by atoms with E-state index in [2.05, 4.69) is 10.3 Å². The lowest BCUT2D eigenvalue weighted by atomic mass is 10.1. The molecule has 2 rings (SSSR count). The molecule has 0 aromatic carbocycles. The van der Waals surface area contributed by atoms with Crippen LogP contribution in [0.5, 0.6) is 0 Å². The summed E-state index contributed by atoms with van der Waals surface area (Å²) in [4.78, 5) is 28.8. The maximum atomic E-state index is 12.2. The average molecular weight is 349 g/mol. The van der Waals surface area contributed by atoms with Crippen molar-refractivity contribution in [2.75, 3.05) is 13.2 Å². The van der Waals surface area contributed by atoms with Gasteiger partial charge in [-0.05, 0) is 30.5 Å². The van der Waals surface area contributed by atoms with E-state index in [0.29, 0.717) is 17.4 Å². The number of carbonyl (C=O) groups is 2. The number of rotatable bonds is 7. The van der Waals surface area contributed by atoms with Gasteiger partial charge in [0.05, 0.1) is 21.7 Å². The Morgan fingerprint density at radius 3 is 2.88 bits per heavy atom. The highest BCUT2D eigenvalue weighted by atomic mass is 32.1. The van der Waals surface area contributed by atoms with Crippen LogP contribution in [0.4, 0.5) is 0 Å². The minimum atomic E-state index is -0.868. The molecule has 7 heteroatoms. The molecule has 0 bridgehead atoms. The minimum absolute atomic E-state index is 0.0405. The Labute approximate surface area is 145 Å². The van der Waals surface area contributed by atoms with Gasteiger partial charge in [0.2, 0.25) is 0 Å². The number of fused-ring (bicyclic) bond motifs is 1. The van der Waals surface area contributed by atoms with Crippen molar-refractivity contribution < 1.29 is 14.3 Å². The monoisotopic (exact) mass is 349 g/mol. The van der Waals surface area contributed by atoms with E-state index in [9.17, 15) is 9.59 Å². The summed E-state index contributed by atoms with van der Waals surface area (Å²) in [6.45, 7) is 6.39. The van der Waals surface area contributed by atoms with Crippen LogP contribution < -0.4 is 11.1 Å². The lowest BCUT2D eigenvalue weighted by molar-refractivity contribution is -0.146. The molecule has 1 unspecified atom stereocenters. The van der Waals surface area contributed by atoms with E-state index in [1.165, 1.54) is 11.3 Å². The molecule has 130 valence electrons.